The molecule has 3 unspecified atom stereocenters. The molecule has 0 saturated carbocycles. The van der Waals surface area contributed by atoms with Crippen LogP contribution in [0.25, 0.3) is 0 Å². The Bertz CT molecular complexity index is 1120. The van der Waals surface area contributed by atoms with Gasteiger partial charge in [0.05, 0.1) is 18.8 Å². The second-order valence-corrected chi connectivity index (χ2v) is 10.8. The number of aromatic nitrogens is 2. The number of carbonyl (C=O) groups is 2. The number of aliphatic hydroxyl groups is 1. The third-order valence-electron chi connectivity index (χ3n) is 4.85. The summed E-state index contributed by atoms with van der Waals surface area (Å²) >= 11 is 0. The maximum atomic E-state index is 14.3. The molecule has 2 heterocycles. The van der Waals surface area contributed by atoms with Crippen LogP contribution >= 0.6 is 7.82 Å². The summed E-state index contributed by atoms with van der Waals surface area (Å²) in [6.45, 7) is 3.27. The van der Waals surface area contributed by atoms with Gasteiger partial charge in [-0.05, 0) is 34.6 Å². The number of H-pyrrole nitrogens is 1. The number of nitrogens with zero attached hydrogens (tertiary/aromatic N) is 1. The lowest BCUT2D eigenvalue weighted by Gasteiger charge is -2.27. The fourth-order valence-corrected chi connectivity index (χ4v) is 4.34. The predicted molar refractivity (Wildman–Crippen MR) is 126 cm³/mol. The van der Waals surface area contributed by atoms with E-state index in [1.807, 2.05) is 4.98 Å². The van der Waals surface area contributed by atoms with Crippen molar-refractivity contribution in [1.82, 2.24) is 9.55 Å². The number of hydrogen-bond acceptors (Lipinski definition) is 14. The molecule has 18 heteroatoms. The van der Waals surface area contributed by atoms with Crippen LogP contribution in [0.5, 0.6) is 0 Å². The summed E-state index contributed by atoms with van der Waals surface area (Å²) in [5.41, 5.74) is -5.49. The minimum Gasteiger partial charge on any atom is -0.432 e. The van der Waals surface area contributed by atoms with Gasteiger partial charge in [-0.3, -0.25) is 18.9 Å². The molecule has 2 N–H and O–H groups in total. The van der Waals surface area contributed by atoms with E-state index in [2.05, 4.69) is 9.47 Å². The topological polar surface area (TPSA) is 200 Å². The lowest BCUT2D eigenvalue weighted by Crippen LogP contribution is -2.40. The highest BCUT2D eigenvalue weighted by atomic mass is 31.2. The second kappa shape index (κ2) is 13.5. The van der Waals surface area contributed by atoms with Crippen molar-refractivity contribution in [3.8, 4) is 0 Å². The molecule has 222 valence electrons. The number of ether oxygens (including phenoxy) is 5. The molecule has 0 spiro atoms. The van der Waals surface area contributed by atoms with E-state index in [0.717, 1.165) is 16.8 Å². The average Bonchev–Trinajstić information content (AvgIpc) is 3.08. The van der Waals surface area contributed by atoms with E-state index in [-0.39, 0.29) is 0 Å². The van der Waals surface area contributed by atoms with Gasteiger partial charge < -0.3 is 28.8 Å². The van der Waals surface area contributed by atoms with E-state index in [0.29, 0.717) is 0 Å². The number of halogens is 1. The van der Waals surface area contributed by atoms with Crippen LogP contribution in [0.3, 0.4) is 0 Å². The maximum absolute atomic E-state index is 14.3. The van der Waals surface area contributed by atoms with Crippen molar-refractivity contribution in [2.24, 2.45) is 0 Å². The van der Waals surface area contributed by atoms with Crippen molar-refractivity contribution >= 4 is 20.1 Å². The van der Waals surface area contributed by atoms with Crippen LogP contribution in [-0.2, 0) is 41.8 Å². The van der Waals surface area contributed by atoms with Gasteiger partial charge in [0.1, 0.15) is 17.9 Å². The first-order valence-electron chi connectivity index (χ1n) is 11.6. The van der Waals surface area contributed by atoms with Crippen molar-refractivity contribution in [3.63, 3.8) is 0 Å². The molecule has 0 aliphatic carbocycles. The van der Waals surface area contributed by atoms with Crippen molar-refractivity contribution in [2.45, 2.75) is 70.7 Å². The molecule has 0 bridgehead atoms. The summed E-state index contributed by atoms with van der Waals surface area (Å²) < 4.78 is 67.7. The van der Waals surface area contributed by atoms with Crippen LogP contribution in [0.4, 0.5) is 14.0 Å². The standard InChI is InChI=1S/C21H32FN2O14P/c1-13(2)36-18(27)31-11-34-39(30,35-12-32-19(28)37-14(3)4)33-10-21(9-22)8-20(5,29)16(38-21)24-7-6-15(25)23-17(24)26/h6-7,13-14,16,29H,8-12H2,1-5H3,(H,23,25,26). The number of nitrogens with one attached hydrogen (secondary N) is 1. The fraction of sp³-hybridized carbons (Fsp3) is 0.714. The van der Waals surface area contributed by atoms with Gasteiger partial charge in [0.25, 0.3) is 5.56 Å². The third kappa shape index (κ3) is 9.70. The molecule has 0 amide bonds. The smallest absolute Gasteiger partial charge is 0.432 e. The molecule has 1 aliphatic heterocycles. The predicted octanol–water partition coefficient (Wildman–Crippen LogP) is 2.11. The summed E-state index contributed by atoms with van der Waals surface area (Å²) in [7, 11) is -4.77. The molecule has 1 aromatic heterocycles. The minimum atomic E-state index is -4.77. The molecule has 16 nitrogen and oxygen atoms in total. The Kier molecular flexibility index (Phi) is 11.2. The third-order valence-corrected chi connectivity index (χ3v) is 6.13. The monoisotopic (exact) mass is 586 g/mol. The van der Waals surface area contributed by atoms with E-state index in [1.54, 1.807) is 27.7 Å². The first-order chi connectivity index (χ1) is 18.1. The summed E-state index contributed by atoms with van der Waals surface area (Å²) in [6, 6.07) is 0.997. The molecule has 1 aromatic rings. The fourth-order valence-electron chi connectivity index (χ4n) is 3.36. The van der Waals surface area contributed by atoms with E-state index >= 15 is 0 Å². The molecule has 1 aliphatic rings. The van der Waals surface area contributed by atoms with E-state index < -0.39 is 94.3 Å². The summed E-state index contributed by atoms with van der Waals surface area (Å²) in [4.78, 5) is 48.7. The number of phosphoric ester groups is 1. The Hall–Kier alpha value is -2.82. The molecule has 0 radical (unpaired) electrons. The average molecular weight is 586 g/mol. The van der Waals surface area contributed by atoms with E-state index in [1.165, 1.54) is 6.92 Å². The number of rotatable bonds is 13. The Balaban J connectivity index is 2.16. The van der Waals surface area contributed by atoms with Gasteiger partial charge in [-0.1, -0.05) is 0 Å². The molecule has 39 heavy (non-hydrogen) atoms. The van der Waals surface area contributed by atoms with Crippen LogP contribution in [0.1, 0.15) is 47.3 Å². The molecular weight excluding hydrogens is 554 g/mol. The molecule has 2 rings (SSSR count). The zero-order chi connectivity index (χ0) is 29.4. The summed E-state index contributed by atoms with van der Waals surface area (Å²) in [6.07, 6.45) is -4.30. The first kappa shape index (κ1) is 32.4. The van der Waals surface area contributed by atoms with Gasteiger partial charge in [0.2, 0.25) is 13.6 Å². The number of phosphoric acid groups is 1. The SMILES string of the molecule is CC(C)OC(=O)OCOP(=O)(OCOC(=O)OC(C)C)OCC1(CF)CC(C)(O)C(n2ccc(=O)[nH]c2=O)O1. The first-order valence-corrected chi connectivity index (χ1v) is 13.0. The second-order valence-electron chi connectivity index (χ2n) is 9.17. The van der Waals surface area contributed by atoms with Crippen molar-refractivity contribution in [3.05, 3.63) is 33.1 Å². The normalized spacial score (nSPS) is 23.2. The molecule has 0 aromatic carbocycles. The lowest BCUT2D eigenvalue weighted by molar-refractivity contribution is -0.134. The highest BCUT2D eigenvalue weighted by Crippen LogP contribution is 2.52. The highest BCUT2D eigenvalue weighted by Gasteiger charge is 2.55. The van der Waals surface area contributed by atoms with Crippen LogP contribution in [0.2, 0.25) is 0 Å². The minimum absolute atomic E-state index is 0.471. The quantitative estimate of drug-likeness (QED) is 0.193. The highest BCUT2D eigenvalue weighted by molar-refractivity contribution is 7.48. The van der Waals surface area contributed by atoms with Crippen LogP contribution in [0.15, 0.2) is 21.9 Å². The van der Waals surface area contributed by atoms with Gasteiger partial charge in [-0.25, -0.2) is 32.4 Å². The number of alkyl halides is 1. The molecule has 1 fully saturated rings. The number of aromatic amines is 1. The Morgan fingerprint density at radius 3 is 2.13 bits per heavy atom. The van der Waals surface area contributed by atoms with Crippen LogP contribution in [0, 0.1) is 0 Å². The Morgan fingerprint density at radius 2 is 1.67 bits per heavy atom. The zero-order valence-corrected chi connectivity index (χ0v) is 22.8. The molecular formula is C21H32FN2O14P. The number of hydrogen-bond donors (Lipinski definition) is 2. The Morgan fingerprint density at radius 1 is 1.13 bits per heavy atom. The van der Waals surface area contributed by atoms with E-state index in [4.69, 9.17) is 27.8 Å². The summed E-state index contributed by atoms with van der Waals surface area (Å²) in [5.74, 6) is 0. The van der Waals surface area contributed by atoms with Crippen molar-refractivity contribution in [2.75, 3.05) is 26.9 Å². The van der Waals surface area contributed by atoms with Gasteiger partial charge in [-0.2, -0.15) is 0 Å². The van der Waals surface area contributed by atoms with Gasteiger partial charge >= 0.3 is 25.8 Å². The Labute approximate surface area is 221 Å². The van der Waals surface area contributed by atoms with Gasteiger partial charge in [0, 0.05) is 18.7 Å². The largest absolute Gasteiger partial charge is 0.510 e. The summed E-state index contributed by atoms with van der Waals surface area (Å²) in [5, 5.41) is 10.9. The number of carbonyl (C=O) groups excluding carboxylic acids is 2. The van der Waals surface area contributed by atoms with Crippen LogP contribution in [-0.4, -0.2) is 77.2 Å². The molecule has 1 saturated heterocycles. The van der Waals surface area contributed by atoms with Gasteiger partial charge in [0.15, 0.2) is 6.23 Å². The lowest BCUT2D eigenvalue weighted by atomic mass is 9.92. The van der Waals surface area contributed by atoms with Gasteiger partial charge in [-0.15, -0.1) is 0 Å². The molecule has 3 atom stereocenters. The maximum Gasteiger partial charge on any atom is 0.510 e. The van der Waals surface area contributed by atoms with Crippen molar-refractivity contribution < 1.29 is 60.9 Å². The van der Waals surface area contributed by atoms with Crippen LogP contribution < -0.4 is 11.2 Å². The van der Waals surface area contributed by atoms with E-state index in [9.17, 15) is 33.2 Å². The zero-order valence-electron chi connectivity index (χ0n) is 21.9. The van der Waals surface area contributed by atoms with Crippen molar-refractivity contribution in [1.29, 1.82) is 0 Å².